The number of ether oxygens (including phenoxy) is 1. The van der Waals surface area contributed by atoms with Crippen LogP contribution in [0.2, 0.25) is 0 Å². The Labute approximate surface area is 223 Å². The molecule has 1 saturated carbocycles. The molecule has 1 aliphatic carbocycles. The van der Waals surface area contributed by atoms with Crippen LogP contribution < -0.4 is 39.4 Å². The van der Waals surface area contributed by atoms with Gasteiger partial charge in [-0.25, -0.2) is 0 Å². The van der Waals surface area contributed by atoms with Gasteiger partial charge in [-0.05, 0) is 68.9 Å². The number of amides is 1. The number of benzene rings is 2. The number of aliphatic carboxylic acids is 1. The second-order valence-corrected chi connectivity index (χ2v) is 8.15. The molecule has 1 aliphatic rings. The number of hydrogen-bond acceptors (Lipinski definition) is 5. The van der Waals surface area contributed by atoms with Crippen molar-refractivity contribution >= 4 is 11.9 Å². The van der Waals surface area contributed by atoms with Crippen LogP contribution in [0.5, 0.6) is 5.75 Å². The van der Waals surface area contributed by atoms with Crippen molar-refractivity contribution in [1.29, 1.82) is 0 Å². The minimum atomic E-state index is -1.03. The first-order valence-corrected chi connectivity index (χ1v) is 11.3. The van der Waals surface area contributed by atoms with Gasteiger partial charge >= 0.3 is 29.6 Å². The standard InChI is InChI=1S/C27H29NO5.Na/c29-26(30)10-2-1-5-17-32-25-8-4-3-7-22(25)19-28(23-15-16-23)27(31)21-13-11-20(12-14-21)24-9-6-18-33-24;/h3-4,6-9,11-14,18,23H,1-2,5,10,15-17,19H2,(H,29,30);/q;+1/p-1/i23D;. The number of carboxylic acids is 1. The van der Waals surface area contributed by atoms with Crippen molar-refractivity contribution in [3.63, 3.8) is 0 Å². The fourth-order valence-electron chi connectivity index (χ4n) is 3.70. The Hall–Kier alpha value is -2.54. The summed E-state index contributed by atoms with van der Waals surface area (Å²) in [5, 5.41) is 10.5. The molecule has 1 heterocycles. The van der Waals surface area contributed by atoms with E-state index in [1.54, 1.807) is 23.3 Å². The Kier molecular flexibility index (Phi) is 9.25. The molecular weight excluding hydrogens is 441 g/mol. The van der Waals surface area contributed by atoms with Crippen LogP contribution in [0.3, 0.4) is 0 Å². The molecule has 6 nitrogen and oxygen atoms in total. The van der Waals surface area contributed by atoms with Gasteiger partial charge < -0.3 is 24.0 Å². The number of furan rings is 1. The van der Waals surface area contributed by atoms with Crippen molar-refractivity contribution < 1.29 is 54.8 Å². The zero-order valence-electron chi connectivity index (χ0n) is 20.5. The number of para-hydroxylation sites is 1. The van der Waals surface area contributed by atoms with Gasteiger partial charge in [-0.1, -0.05) is 30.3 Å². The van der Waals surface area contributed by atoms with Crippen molar-refractivity contribution in [2.24, 2.45) is 0 Å². The van der Waals surface area contributed by atoms with Crippen molar-refractivity contribution in [3.8, 4) is 17.1 Å². The van der Waals surface area contributed by atoms with Crippen LogP contribution in [0.25, 0.3) is 11.3 Å². The number of carboxylic acid groups (broad SMARTS) is 1. The summed E-state index contributed by atoms with van der Waals surface area (Å²) in [5.41, 5.74) is 2.26. The Balaban J connectivity index is 0.00000342. The van der Waals surface area contributed by atoms with E-state index in [0.717, 1.165) is 29.7 Å². The van der Waals surface area contributed by atoms with Gasteiger partial charge in [-0.3, -0.25) is 4.79 Å². The number of unbranched alkanes of at least 4 members (excludes halogenated alkanes) is 2. The molecule has 1 fully saturated rings. The maximum atomic E-state index is 13.4. The molecule has 0 bridgehead atoms. The van der Waals surface area contributed by atoms with Gasteiger partial charge in [0.1, 0.15) is 11.5 Å². The largest absolute Gasteiger partial charge is 1.00 e. The molecule has 7 heteroatoms. The Morgan fingerprint density at radius 1 is 1.03 bits per heavy atom. The molecule has 1 amide bonds. The van der Waals surface area contributed by atoms with Crippen LogP contribution in [0, 0.1) is 0 Å². The average Bonchev–Trinajstić information content (AvgIpc) is 3.35. The molecule has 0 saturated heterocycles. The minimum Gasteiger partial charge on any atom is -0.550 e. The van der Waals surface area contributed by atoms with E-state index in [1.165, 1.54) is 0 Å². The van der Waals surface area contributed by atoms with E-state index in [1.807, 2.05) is 48.5 Å². The van der Waals surface area contributed by atoms with Crippen LogP contribution in [-0.4, -0.2) is 29.4 Å². The van der Waals surface area contributed by atoms with Crippen LogP contribution in [0.1, 0.15) is 55.8 Å². The third kappa shape index (κ3) is 7.23. The fourth-order valence-corrected chi connectivity index (χ4v) is 3.70. The third-order valence-electron chi connectivity index (χ3n) is 5.62. The molecule has 3 aromatic rings. The second-order valence-electron chi connectivity index (χ2n) is 8.15. The summed E-state index contributed by atoms with van der Waals surface area (Å²) < 4.78 is 20.1. The number of rotatable bonds is 12. The smallest absolute Gasteiger partial charge is 0.550 e. The first-order chi connectivity index (χ1) is 16.5. The summed E-state index contributed by atoms with van der Waals surface area (Å²) in [7, 11) is 0. The SMILES string of the molecule is [2H]C1(N(Cc2ccccc2OCCCCCC(=O)[O-])C(=O)c2ccc(-c3ccco3)cc2)CC1.[Na+]. The van der Waals surface area contributed by atoms with E-state index in [0.29, 0.717) is 37.2 Å². The van der Waals surface area contributed by atoms with Gasteiger partial charge in [0.2, 0.25) is 0 Å². The average molecular weight is 471 g/mol. The van der Waals surface area contributed by atoms with E-state index in [-0.39, 0.29) is 48.4 Å². The molecule has 4 rings (SSSR count). The predicted octanol–water partition coefficient (Wildman–Crippen LogP) is 1.44. The van der Waals surface area contributed by atoms with Gasteiger partial charge in [0, 0.05) is 35.2 Å². The molecule has 0 radical (unpaired) electrons. The van der Waals surface area contributed by atoms with E-state index in [9.17, 15) is 14.7 Å². The van der Waals surface area contributed by atoms with Crippen LogP contribution >= 0.6 is 0 Å². The molecule has 0 N–H and O–H groups in total. The van der Waals surface area contributed by atoms with Gasteiger partial charge in [0.25, 0.3) is 5.91 Å². The third-order valence-corrected chi connectivity index (χ3v) is 5.62. The van der Waals surface area contributed by atoms with Crippen molar-refractivity contribution in [2.45, 2.75) is 51.1 Å². The van der Waals surface area contributed by atoms with E-state index in [4.69, 9.17) is 10.5 Å². The number of carbonyl (C=O) groups excluding carboxylic acids is 2. The van der Waals surface area contributed by atoms with Crippen LogP contribution in [0.15, 0.2) is 71.3 Å². The zero-order valence-corrected chi connectivity index (χ0v) is 21.5. The first-order valence-electron chi connectivity index (χ1n) is 11.8. The predicted molar refractivity (Wildman–Crippen MR) is 122 cm³/mol. The fraction of sp³-hybridized carbons (Fsp3) is 0.333. The van der Waals surface area contributed by atoms with Gasteiger partial charge in [-0.2, -0.15) is 0 Å². The van der Waals surface area contributed by atoms with Crippen molar-refractivity contribution in [1.82, 2.24) is 4.90 Å². The van der Waals surface area contributed by atoms with Crippen molar-refractivity contribution in [3.05, 3.63) is 78.1 Å². The number of carbonyl (C=O) groups is 2. The van der Waals surface area contributed by atoms with Gasteiger partial charge in [-0.15, -0.1) is 0 Å². The maximum Gasteiger partial charge on any atom is 1.00 e. The zero-order chi connectivity index (χ0) is 24.0. The molecule has 1 aromatic heterocycles. The summed E-state index contributed by atoms with van der Waals surface area (Å²) in [6.07, 6.45) is 4.99. The first kappa shape index (κ1) is 24.6. The quantitative estimate of drug-likeness (QED) is 0.296. The molecule has 172 valence electrons. The van der Waals surface area contributed by atoms with Gasteiger partial charge in [0.15, 0.2) is 0 Å². The topological polar surface area (TPSA) is 82.8 Å². The van der Waals surface area contributed by atoms with E-state index >= 15 is 0 Å². The Morgan fingerprint density at radius 2 is 1.79 bits per heavy atom. The molecule has 34 heavy (non-hydrogen) atoms. The molecule has 0 aliphatic heterocycles. The maximum absolute atomic E-state index is 13.4. The number of hydrogen-bond donors (Lipinski definition) is 0. The van der Waals surface area contributed by atoms with Crippen LogP contribution in [-0.2, 0) is 11.3 Å². The Morgan fingerprint density at radius 3 is 2.47 bits per heavy atom. The molecule has 2 aromatic carbocycles. The van der Waals surface area contributed by atoms with Gasteiger partial charge in [0.05, 0.1) is 14.2 Å². The van der Waals surface area contributed by atoms with E-state index in [2.05, 4.69) is 0 Å². The normalized spacial score (nSPS) is 13.9. The molecule has 0 spiro atoms. The van der Waals surface area contributed by atoms with Crippen LogP contribution in [0.4, 0.5) is 0 Å². The summed E-state index contributed by atoms with van der Waals surface area (Å²) in [5.74, 6) is 0.199. The monoisotopic (exact) mass is 470 g/mol. The molecule has 0 atom stereocenters. The summed E-state index contributed by atoms with van der Waals surface area (Å²) in [4.78, 5) is 25.6. The summed E-state index contributed by atoms with van der Waals surface area (Å²) >= 11 is 0. The minimum absolute atomic E-state index is 0. The Bertz CT molecular complexity index is 1110. The second kappa shape index (κ2) is 12.8. The van der Waals surface area contributed by atoms with E-state index < -0.39 is 12.0 Å². The molecular formula is C27H28NNaO5. The summed E-state index contributed by atoms with van der Waals surface area (Å²) in [6, 6.07) is 17.6. The number of nitrogens with zero attached hydrogens (tertiary/aromatic N) is 1. The molecule has 0 unspecified atom stereocenters. The summed E-state index contributed by atoms with van der Waals surface area (Å²) in [6.45, 7) is 0.737. The van der Waals surface area contributed by atoms with Crippen molar-refractivity contribution in [2.75, 3.05) is 6.61 Å².